The highest BCUT2D eigenvalue weighted by molar-refractivity contribution is 8.00. The number of carbonyl (C=O) groups excluding carboxylic acids is 1. The van der Waals surface area contributed by atoms with Crippen LogP contribution in [0.1, 0.15) is 78.7 Å². The summed E-state index contributed by atoms with van der Waals surface area (Å²) in [5, 5.41) is 8.68. The van der Waals surface area contributed by atoms with Crippen LogP contribution in [-0.4, -0.2) is 21.2 Å². The number of hydrogen-bond acceptors (Lipinski definition) is 5. The van der Waals surface area contributed by atoms with Crippen LogP contribution >= 0.6 is 11.8 Å². The second kappa shape index (κ2) is 7.32. The Kier molecular flexibility index (Phi) is 4.93. The zero-order chi connectivity index (χ0) is 17.2. The van der Waals surface area contributed by atoms with Gasteiger partial charge in [-0.05, 0) is 56.2 Å². The molecule has 1 aromatic heterocycles. The molecule has 1 fully saturated rings. The third-order valence-corrected chi connectivity index (χ3v) is 6.34. The number of rotatable bonds is 5. The smallest absolute Gasteiger partial charge is 0.277 e. The summed E-state index contributed by atoms with van der Waals surface area (Å²) in [5.74, 6) is 1.29. The zero-order valence-electron chi connectivity index (χ0n) is 14.7. The largest absolute Gasteiger partial charge is 0.416 e. The molecule has 0 spiro atoms. The van der Waals surface area contributed by atoms with Gasteiger partial charge in [-0.25, -0.2) is 0 Å². The van der Waals surface area contributed by atoms with Gasteiger partial charge in [-0.2, -0.15) is 0 Å². The minimum Gasteiger partial charge on any atom is -0.416 e. The molecular formula is C20H24N2O2S. The van der Waals surface area contributed by atoms with Crippen molar-refractivity contribution in [3.05, 3.63) is 40.8 Å². The van der Waals surface area contributed by atoms with E-state index >= 15 is 0 Å². The van der Waals surface area contributed by atoms with E-state index < -0.39 is 0 Å². The lowest BCUT2D eigenvalue weighted by Gasteiger charge is -2.17. The van der Waals surface area contributed by atoms with Gasteiger partial charge >= 0.3 is 0 Å². The van der Waals surface area contributed by atoms with E-state index in [4.69, 9.17) is 4.42 Å². The number of thioether (sulfide) groups is 1. The quantitative estimate of drug-likeness (QED) is 0.559. The van der Waals surface area contributed by atoms with Crippen LogP contribution in [0.2, 0.25) is 0 Å². The summed E-state index contributed by atoms with van der Waals surface area (Å²) < 4.78 is 5.84. The normalized spacial score (nSPS) is 18.9. The summed E-state index contributed by atoms with van der Waals surface area (Å²) in [6, 6.07) is 6.15. The highest BCUT2D eigenvalue weighted by atomic mass is 32.2. The van der Waals surface area contributed by atoms with E-state index in [0.29, 0.717) is 11.1 Å². The van der Waals surface area contributed by atoms with Crippen LogP contribution < -0.4 is 0 Å². The molecule has 2 aromatic rings. The van der Waals surface area contributed by atoms with Crippen LogP contribution in [0.5, 0.6) is 0 Å². The van der Waals surface area contributed by atoms with Crippen LogP contribution in [0.4, 0.5) is 0 Å². The Morgan fingerprint density at radius 3 is 2.76 bits per heavy atom. The topological polar surface area (TPSA) is 56.0 Å². The van der Waals surface area contributed by atoms with Crippen molar-refractivity contribution in [2.75, 3.05) is 0 Å². The number of benzene rings is 1. The van der Waals surface area contributed by atoms with Gasteiger partial charge in [0.1, 0.15) is 0 Å². The summed E-state index contributed by atoms with van der Waals surface area (Å²) in [6.07, 6.45) is 9.48. The lowest BCUT2D eigenvalue weighted by atomic mass is 9.89. The first-order valence-corrected chi connectivity index (χ1v) is 10.2. The van der Waals surface area contributed by atoms with Crippen molar-refractivity contribution in [2.24, 2.45) is 0 Å². The van der Waals surface area contributed by atoms with Gasteiger partial charge in [0.15, 0.2) is 5.78 Å². The fraction of sp³-hybridized carbons (Fsp3) is 0.550. The highest BCUT2D eigenvalue weighted by Gasteiger charge is 2.24. The van der Waals surface area contributed by atoms with Gasteiger partial charge in [0, 0.05) is 11.5 Å². The molecule has 25 heavy (non-hydrogen) atoms. The number of fused-ring (bicyclic) bond motifs is 1. The van der Waals surface area contributed by atoms with Crippen LogP contribution in [0.3, 0.4) is 0 Å². The Morgan fingerprint density at radius 2 is 1.92 bits per heavy atom. The van der Waals surface area contributed by atoms with Crippen molar-refractivity contribution in [3.8, 4) is 0 Å². The molecule has 1 atom stereocenters. The Balaban J connectivity index is 1.42. The molecule has 1 saturated carbocycles. The number of hydrogen-bond donors (Lipinski definition) is 0. The molecule has 0 bridgehead atoms. The minimum absolute atomic E-state index is 0.136. The summed E-state index contributed by atoms with van der Waals surface area (Å²) >= 11 is 1.37. The molecule has 0 amide bonds. The van der Waals surface area contributed by atoms with E-state index in [1.807, 2.05) is 13.0 Å². The highest BCUT2D eigenvalue weighted by Crippen LogP contribution is 2.34. The second-order valence-corrected chi connectivity index (χ2v) is 8.49. The van der Waals surface area contributed by atoms with Crippen molar-refractivity contribution in [3.63, 3.8) is 0 Å². The predicted octanol–water partition coefficient (Wildman–Crippen LogP) is 4.97. The van der Waals surface area contributed by atoms with Gasteiger partial charge in [-0.3, -0.25) is 4.79 Å². The molecule has 0 aliphatic heterocycles. The molecule has 4 nitrogen and oxygen atoms in total. The number of ketones is 1. The molecule has 4 rings (SSSR count). The third-order valence-electron chi connectivity index (χ3n) is 5.41. The van der Waals surface area contributed by atoms with Crippen LogP contribution in [-0.2, 0) is 12.8 Å². The molecule has 0 saturated heterocycles. The molecule has 0 radical (unpaired) electrons. The average Bonchev–Trinajstić information content (AvgIpc) is 3.30. The Hall–Kier alpha value is -1.62. The van der Waals surface area contributed by atoms with Crippen molar-refractivity contribution in [1.29, 1.82) is 0 Å². The van der Waals surface area contributed by atoms with E-state index in [1.165, 1.54) is 48.6 Å². The lowest BCUT2D eigenvalue weighted by molar-refractivity contribution is 0.0993. The number of Topliss-reactive ketones (excluding diaryl/α,β-unsaturated/α-hetero) is 1. The summed E-state index contributed by atoms with van der Waals surface area (Å²) in [7, 11) is 0. The van der Waals surface area contributed by atoms with Crippen molar-refractivity contribution in [1.82, 2.24) is 10.2 Å². The first-order chi connectivity index (χ1) is 12.2. The Bertz CT molecular complexity index is 765. The van der Waals surface area contributed by atoms with Crippen molar-refractivity contribution in [2.45, 2.75) is 74.7 Å². The van der Waals surface area contributed by atoms with Crippen molar-refractivity contribution >= 4 is 17.5 Å². The molecule has 132 valence electrons. The molecule has 1 aromatic carbocycles. The number of carbonyl (C=O) groups is 1. The van der Waals surface area contributed by atoms with Crippen LogP contribution in [0.25, 0.3) is 0 Å². The number of aryl methyl sites for hydroxylation is 2. The van der Waals surface area contributed by atoms with Gasteiger partial charge in [-0.15, -0.1) is 10.2 Å². The molecule has 5 heteroatoms. The fourth-order valence-electron chi connectivity index (χ4n) is 3.95. The van der Waals surface area contributed by atoms with Gasteiger partial charge in [-0.1, -0.05) is 43.2 Å². The van der Waals surface area contributed by atoms with E-state index in [9.17, 15) is 4.79 Å². The van der Waals surface area contributed by atoms with Gasteiger partial charge in [0.25, 0.3) is 5.22 Å². The van der Waals surface area contributed by atoms with E-state index in [0.717, 1.165) is 37.1 Å². The maximum absolute atomic E-state index is 12.7. The number of nitrogens with zero attached hydrogens (tertiary/aromatic N) is 2. The Morgan fingerprint density at radius 1 is 1.12 bits per heavy atom. The Labute approximate surface area is 152 Å². The van der Waals surface area contributed by atoms with Crippen LogP contribution in [0.15, 0.2) is 27.8 Å². The molecule has 1 unspecified atom stereocenters. The standard InChI is InChI=1S/C20H24N2O2S/c1-13(18(23)17-11-10-14-8-5-9-16(14)12-17)25-20-22-21-19(24-20)15-6-3-2-4-7-15/h10-13,15H,2-9H2,1H3. The van der Waals surface area contributed by atoms with Gasteiger partial charge < -0.3 is 4.42 Å². The van der Waals surface area contributed by atoms with E-state index in [1.54, 1.807) is 0 Å². The average molecular weight is 356 g/mol. The molecular weight excluding hydrogens is 332 g/mol. The molecule has 1 heterocycles. The summed E-state index contributed by atoms with van der Waals surface area (Å²) in [5.41, 5.74) is 3.53. The fourth-order valence-corrected chi connectivity index (χ4v) is 4.71. The second-order valence-electron chi connectivity index (χ2n) is 7.20. The maximum atomic E-state index is 12.7. The van der Waals surface area contributed by atoms with Gasteiger partial charge in [0.05, 0.1) is 5.25 Å². The summed E-state index contributed by atoms with van der Waals surface area (Å²) in [6.45, 7) is 1.92. The molecule has 2 aliphatic carbocycles. The molecule has 0 N–H and O–H groups in total. The third kappa shape index (κ3) is 3.66. The molecule has 2 aliphatic rings. The zero-order valence-corrected chi connectivity index (χ0v) is 15.5. The van der Waals surface area contributed by atoms with Crippen molar-refractivity contribution < 1.29 is 9.21 Å². The van der Waals surface area contributed by atoms with E-state index in [-0.39, 0.29) is 11.0 Å². The predicted molar refractivity (Wildman–Crippen MR) is 98.2 cm³/mol. The first-order valence-electron chi connectivity index (χ1n) is 9.37. The monoisotopic (exact) mass is 356 g/mol. The van der Waals surface area contributed by atoms with Gasteiger partial charge in [0.2, 0.25) is 5.89 Å². The SMILES string of the molecule is CC(Sc1nnc(C2CCCCC2)o1)C(=O)c1ccc2c(c1)CCC2. The minimum atomic E-state index is -0.223. The summed E-state index contributed by atoms with van der Waals surface area (Å²) in [4.78, 5) is 12.7. The maximum Gasteiger partial charge on any atom is 0.277 e. The lowest BCUT2D eigenvalue weighted by Crippen LogP contribution is -2.13. The first kappa shape index (κ1) is 16.8. The van der Waals surface area contributed by atoms with Crippen LogP contribution in [0, 0.1) is 0 Å². The van der Waals surface area contributed by atoms with E-state index in [2.05, 4.69) is 22.3 Å². The number of aromatic nitrogens is 2.